The topological polar surface area (TPSA) is 67.9 Å². The van der Waals surface area contributed by atoms with Crippen molar-refractivity contribution >= 4 is 23.0 Å². The smallest absolute Gasteiger partial charge is 0.239 e. The summed E-state index contributed by atoms with van der Waals surface area (Å²) in [5, 5.41) is 7.56. The highest BCUT2D eigenvalue weighted by Crippen LogP contribution is 2.38. The van der Waals surface area contributed by atoms with Crippen LogP contribution in [0.5, 0.6) is 0 Å². The van der Waals surface area contributed by atoms with Gasteiger partial charge in [0.1, 0.15) is 16.3 Å². The van der Waals surface area contributed by atoms with E-state index < -0.39 is 11.8 Å². The summed E-state index contributed by atoms with van der Waals surface area (Å²) in [5.74, 6) is -0.984. The number of benzene rings is 1. The van der Waals surface area contributed by atoms with Crippen molar-refractivity contribution in [2.24, 2.45) is 0 Å². The van der Waals surface area contributed by atoms with Crippen LogP contribution in [0.15, 0.2) is 18.2 Å². The number of nitroso groups, excluding NO2 is 1. The first kappa shape index (κ1) is 7.86. The monoisotopic (exact) mass is 213 g/mol. The summed E-state index contributed by atoms with van der Waals surface area (Å²) in [6.45, 7) is 0. The van der Waals surface area contributed by atoms with Gasteiger partial charge in [-0.25, -0.2) is 4.79 Å². The third-order valence-electron chi connectivity index (χ3n) is 3.07. The van der Waals surface area contributed by atoms with Crippen LogP contribution in [-0.4, -0.2) is 25.9 Å². The van der Waals surface area contributed by atoms with Gasteiger partial charge in [-0.05, 0) is 21.6 Å². The third kappa shape index (κ3) is 0.660. The van der Waals surface area contributed by atoms with Crippen LogP contribution in [0.3, 0.4) is 0 Å². The molecule has 1 aliphatic heterocycles. The van der Waals surface area contributed by atoms with E-state index in [9.17, 15) is 9.70 Å². The van der Waals surface area contributed by atoms with Gasteiger partial charge in [0.2, 0.25) is 0 Å². The summed E-state index contributed by atoms with van der Waals surface area (Å²) in [6, 6.07) is 3.69. The molecule has 4 rings (SSSR count). The van der Waals surface area contributed by atoms with Crippen LogP contribution < -0.4 is 0 Å². The molecule has 76 valence electrons. The number of carbonyl (C=O) groups excluding carboxylic acids is 1. The van der Waals surface area contributed by atoms with Crippen LogP contribution >= 0.6 is 0 Å². The Morgan fingerprint density at radius 2 is 2.25 bits per heavy atom. The molecule has 0 radical (unpaired) electrons. The standard InChI is InChI=1S/C10H5N4O2/c15-10-6-3-1-5-2-4-7-9(8(5)6)13(12-11-7)14(10)16/h1-4,6H/q+1. The van der Waals surface area contributed by atoms with Crippen LogP contribution in [0.1, 0.15) is 17.0 Å². The molecule has 0 saturated carbocycles. The Labute approximate surface area is 88.7 Å². The molecule has 0 bridgehead atoms. The van der Waals surface area contributed by atoms with Gasteiger partial charge >= 0.3 is 5.91 Å². The van der Waals surface area contributed by atoms with Crippen molar-refractivity contribution in [3.63, 3.8) is 0 Å². The number of hydrogen-bond donors (Lipinski definition) is 0. The average Bonchev–Trinajstić information content (AvgIpc) is 2.88. The maximum atomic E-state index is 11.8. The SMILES string of the molecule is O=C1C2C=Cc3ccc4nnn(c4c32)[N+]1=O. The molecule has 1 atom stereocenters. The van der Waals surface area contributed by atoms with Gasteiger partial charge in [0.25, 0.3) is 0 Å². The summed E-state index contributed by atoms with van der Waals surface area (Å²) in [5.41, 5.74) is 3.09. The molecule has 0 saturated heterocycles. The predicted octanol–water partition coefficient (Wildman–Crippen LogP) is 0.624. The summed E-state index contributed by atoms with van der Waals surface area (Å²) in [6.07, 6.45) is 3.60. The Balaban J connectivity index is 2.29. The van der Waals surface area contributed by atoms with Gasteiger partial charge in [0.05, 0.1) is 4.79 Å². The molecule has 6 nitrogen and oxygen atoms in total. The minimum Gasteiger partial charge on any atom is -0.239 e. The molecule has 6 heteroatoms. The predicted molar refractivity (Wildman–Crippen MR) is 53.3 cm³/mol. The third-order valence-corrected chi connectivity index (χ3v) is 3.07. The van der Waals surface area contributed by atoms with Crippen LogP contribution in [0.4, 0.5) is 0 Å². The highest BCUT2D eigenvalue weighted by Gasteiger charge is 2.43. The minimum atomic E-state index is -0.513. The molecule has 2 heterocycles. The summed E-state index contributed by atoms with van der Waals surface area (Å²) < 4.78 is 0. The van der Waals surface area contributed by atoms with Gasteiger partial charge in [0.15, 0.2) is 10.7 Å². The van der Waals surface area contributed by atoms with Gasteiger partial charge in [-0.3, -0.25) is 0 Å². The van der Waals surface area contributed by atoms with Crippen LogP contribution in [-0.2, 0) is 4.79 Å². The zero-order valence-electron chi connectivity index (χ0n) is 7.99. The average molecular weight is 213 g/mol. The second-order valence-electron chi connectivity index (χ2n) is 3.86. The number of aromatic nitrogens is 3. The largest absolute Gasteiger partial charge is 0.388 e. The number of hydrogen-bond acceptors (Lipinski definition) is 4. The number of amides is 1. The first-order valence-electron chi connectivity index (χ1n) is 4.85. The fraction of sp³-hybridized carbons (Fsp3) is 0.100. The number of rotatable bonds is 0. The molecule has 16 heavy (non-hydrogen) atoms. The van der Waals surface area contributed by atoms with Crippen molar-refractivity contribution in [3.05, 3.63) is 34.2 Å². The Morgan fingerprint density at radius 1 is 1.38 bits per heavy atom. The lowest BCUT2D eigenvalue weighted by atomic mass is 9.97. The fourth-order valence-corrected chi connectivity index (χ4v) is 2.35. The van der Waals surface area contributed by atoms with Crippen molar-refractivity contribution in [3.8, 4) is 0 Å². The van der Waals surface area contributed by atoms with Gasteiger partial charge in [-0.2, -0.15) is 0 Å². The number of nitrogens with zero attached hydrogens (tertiary/aromatic N) is 4. The van der Waals surface area contributed by atoms with E-state index in [1.807, 2.05) is 12.1 Å². The second kappa shape index (κ2) is 2.24. The molecule has 0 spiro atoms. The Bertz CT molecular complexity index is 713. The quantitative estimate of drug-likeness (QED) is 0.602. The molecule has 0 N–H and O–H groups in total. The van der Waals surface area contributed by atoms with Crippen molar-refractivity contribution in [1.29, 1.82) is 0 Å². The van der Waals surface area contributed by atoms with E-state index in [4.69, 9.17) is 0 Å². The van der Waals surface area contributed by atoms with E-state index in [0.717, 1.165) is 15.9 Å². The highest BCUT2D eigenvalue weighted by molar-refractivity contribution is 5.96. The van der Waals surface area contributed by atoms with E-state index in [0.29, 0.717) is 11.0 Å². The number of carbonyl (C=O) groups is 1. The fourth-order valence-electron chi connectivity index (χ4n) is 2.35. The molecule has 1 aromatic heterocycles. The minimum absolute atomic E-state index is 0.270. The van der Waals surface area contributed by atoms with Crippen molar-refractivity contribution in [2.75, 3.05) is 0 Å². The van der Waals surface area contributed by atoms with Gasteiger partial charge in [-0.15, -0.1) is 0 Å². The van der Waals surface area contributed by atoms with Crippen molar-refractivity contribution < 1.29 is 9.66 Å². The van der Waals surface area contributed by atoms with Crippen LogP contribution in [0.25, 0.3) is 17.1 Å². The van der Waals surface area contributed by atoms with Crippen LogP contribution in [0.2, 0.25) is 0 Å². The van der Waals surface area contributed by atoms with Crippen molar-refractivity contribution in [1.82, 2.24) is 15.1 Å². The van der Waals surface area contributed by atoms with E-state index >= 15 is 0 Å². The highest BCUT2D eigenvalue weighted by atomic mass is 16.4. The molecule has 1 unspecified atom stereocenters. The van der Waals surface area contributed by atoms with Crippen molar-refractivity contribution in [2.45, 2.75) is 5.92 Å². The molecule has 1 aromatic carbocycles. The zero-order chi connectivity index (χ0) is 10.9. The van der Waals surface area contributed by atoms with Gasteiger partial charge in [0, 0.05) is 5.56 Å². The lowest BCUT2D eigenvalue weighted by molar-refractivity contribution is -0.536. The zero-order valence-corrected chi connectivity index (χ0v) is 7.99. The van der Waals surface area contributed by atoms with E-state index in [1.165, 1.54) is 0 Å². The molecular formula is C10H5N4O2+. The normalized spacial score (nSPS) is 21.1. The Kier molecular flexibility index (Phi) is 1.10. The molecule has 2 aliphatic rings. The maximum absolute atomic E-state index is 11.8. The Morgan fingerprint density at radius 3 is 3.12 bits per heavy atom. The summed E-state index contributed by atoms with van der Waals surface area (Å²) >= 11 is 0. The molecule has 1 amide bonds. The molecule has 1 aliphatic carbocycles. The molecule has 2 aromatic rings. The van der Waals surface area contributed by atoms with Gasteiger partial charge in [-0.1, -0.05) is 18.2 Å². The first-order chi connectivity index (χ1) is 7.77. The summed E-state index contributed by atoms with van der Waals surface area (Å²) in [7, 11) is 0. The molecular weight excluding hydrogens is 208 g/mol. The van der Waals surface area contributed by atoms with Gasteiger partial charge < -0.3 is 0 Å². The van der Waals surface area contributed by atoms with E-state index in [-0.39, 0.29) is 4.87 Å². The maximum Gasteiger partial charge on any atom is 0.388 e. The van der Waals surface area contributed by atoms with E-state index in [1.54, 1.807) is 12.1 Å². The van der Waals surface area contributed by atoms with Crippen LogP contribution in [0, 0.1) is 4.91 Å². The second-order valence-corrected chi connectivity index (χ2v) is 3.86. The lowest BCUT2D eigenvalue weighted by Gasteiger charge is -2.11. The summed E-state index contributed by atoms with van der Waals surface area (Å²) in [4.78, 5) is 24.7. The first-order valence-corrected chi connectivity index (χ1v) is 4.85. The lowest BCUT2D eigenvalue weighted by Crippen LogP contribution is -2.33. The molecule has 0 fully saturated rings. The Hall–Kier alpha value is -2.37. The van der Waals surface area contributed by atoms with E-state index in [2.05, 4.69) is 10.3 Å².